The predicted octanol–water partition coefficient (Wildman–Crippen LogP) is 2.85. The van der Waals surface area contributed by atoms with E-state index in [2.05, 4.69) is 13.0 Å². The first kappa shape index (κ1) is 9.62. The molecule has 1 atom stereocenters. The molecule has 0 fully saturated rings. The Balaban J connectivity index is 2.92. The number of hydrogen-bond donors (Lipinski definition) is 1. The molecule has 1 aromatic rings. The lowest BCUT2D eigenvalue weighted by atomic mass is 10.1. The minimum atomic E-state index is -0.361. The van der Waals surface area contributed by atoms with E-state index < -0.39 is 0 Å². The Labute approximate surface area is 77.8 Å². The van der Waals surface area contributed by atoms with E-state index in [9.17, 15) is 5.11 Å². The number of aliphatic hydroxyl groups is 1. The lowest BCUT2D eigenvalue weighted by Gasteiger charge is -2.09. The van der Waals surface area contributed by atoms with Crippen molar-refractivity contribution in [3.05, 3.63) is 29.8 Å². The number of thioether (sulfide) groups is 1. The normalized spacial score (nSPS) is 12.9. The van der Waals surface area contributed by atoms with Gasteiger partial charge in [0.05, 0.1) is 6.10 Å². The van der Waals surface area contributed by atoms with Gasteiger partial charge in [-0.1, -0.05) is 25.1 Å². The summed E-state index contributed by atoms with van der Waals surface area (Å²) < 4.78 is 0. The number of aliphatic hydroxyl groups excluding tert-OH is 1. The van der Waals surface area contributed by atoms with Crippen molar-refractivity contribution in [1.82, 2.24) is 0 Å². The maximum Gasteiger partial charge on any atom is 0.0772 e. The van der Waals surface area contributed by atoms with Crippen LogP contribution in [0.3, 0.4) is 0 Å². The van der Waals surface area contributed by atoms with Crippen molar-refractivity contribution in [2.24, 2.45) is 0 Å². The van der Waals surface area contributed by atoms with E-state index in [1.165, 1.54) is 4.90 Å². The highest BCUT2D eigenvalue weighted by Gasteiger charge is 2.05. The van der Waals surface area contributed by atoms with E-state index in [1.54, 1.807) is 18.7 Å². The second-order valence-electron chi connectivity index (χ2n) is 2.65. The van der Waals surface area contributed by atoms with E-state index in [0.717, 1.165) is 11.3 Å². The second-order valence-corrected chi connectivity index (χ2v) is 3.95. The van der Waals surface area contributed by atoms with Gasteiger partial charge in [-0.25, -0.2) is 0 Å². The highest BCUT2D eigenvalue weighted by atomic mass is 32.2. The van der Waals surface area contributed by atoms with Crippen LogP contribution in [0, 0.1) is 0 Å². The molecule has 0 radical (unpaired) electrons. The minimum absolute atomic E-state index is 0.361. The second kappa shape index (κ2) is 4.53. The molecule has 1 aromatic carbocycles. The highest BCUT2D eigenvalue weighted by Crippen LogP contribution is 2.26. The fraction of sp³-hybridized carbons (Fsp3) is 0.400. The van der Waals surface area contributed by atoms with Crippen molar-refractivity contribution in [1.29, 1.82) is 0 Å². The molecule has 0 unspecified atom stereocenters. The van der Waals surface area contributed by atoms with Crippen LogP contribution in [0.15, 0.2) is 29.2 Å². The zero-order chi connectivity index (χ0) is 8.97. The monoisotopic (exact) mass is 182 g/mol. The summed E-state index contributed by atoms with van der Waals surface area (Å²) in [5.41, 5.74) is 1.03. The average Bonchev–Trinajstić information content (AvgIpc) is 2.05. The molecule has 0 saturated heterocycles. The van der Waals surface area contributed by atoms with Crippen molar-refractivity contribution < 1.29 is 5.11 Å². The van der Waals surface area contributed by atoms with Crippen molar-refractivity contribution in [2.45, 2.75) is 24.8 Å². The Morgan fingerprint density at radius 1 is 1.42 bits per heavy atom. The Hall–Kier alpha value is -0.470. The van der Waals surface area contributed by atoms with Crippen molar-refractivity contribution >= 4 is 11.8 Å². The molecule has 66 valence electrons. The molecule has 0 aliphatic rings. The van der Waals surface area contributed by atoms with Gasteiger partial charge in [0, 0.05) is 4.90 Å². The summed E-state index contributed by atoms with van der Waals surface area (Å²) in [6.45, 7) is 3.92. The van der Waals surface area contributed by atoms with Gasteiger partial charge in [-0.15, -0.1) is 11.8 Å². The molecular weight excluding hydrogens is 168 g/mol. The lowest BCUT2D eigenvalue weighted by molar-refractivity contribution is 0.196. The minimum Gasteiger partial charge on any atom is -0.389 e. The third-order valence-electron chi connectivity index (χ3n) is 1.67. The van der Waals surface area contributed by atoms with Crippen molar-refractivity contribution in [2.75, 3.05) is 5.75 Å². The quantitative estimate of drug-likeness (QED) is 0.725. The van der Waals surface area contributed by atoms with E-state index in [0.29, 0.717) is 0 Å². The number of hydrogen-bond acceptors (Lipinski definition) is 2. The largest absolute Gasteiger partial charge is 0.389 e. The fourth-order valence-corrected chi connectivity index (χ4v) is 2.00. The maximum absolute atomic E-state index is 9.42. The number of benzene rings is 1. The molecule has 1 nitrogen and oxygen atoms in total. The molecule has 0 saturated carbocycles. The molecule has 1 N–H and O–H groups in total. The zero-order valence-corrected chi connectivity index (χ0v) is 8.27. The SMILES string of the molecule is CCSc1ccccc1[C@H](C)O. The lowest BCUT2D eigenvalue weighted by Crippen LogP contribution is -1.93. The van der Waals surface area contributed by atoms with Gasteiger partial charge in [-0.05, 0) is 24.3 Å². The summed E-state index contributed by atoms with van der Waals surface area (Å²) in [7, 11) is 0. The van der Waals surface area contributed by atoms with Gasteiger partial charge in [0.15, 0.2) is 0 Å². The highest BCUT2D eigenvalue weighted by molar-refractivity contribution is 7.99. The molecule has 0 aliphatic heterocycles. The molecule has 12 heavy (non-hydrogen) atoms. The molecule has 0 amide bonds. The van der Waals surface area contributed by atoms with Crippen molar-refractivity contribution in [3.8, 4) is 0 Å². The first-order chi connectivity index (χ1) is 5.75. The zero-order valence-electron chi connectivity index (χ0n) is 7.45. The van der Waals surface area contributed by atoms with Gasteiger partial charge in [0.25, 0.3) is 0 Å². The molecule has 0 spiro atoms. The predicted molar refractivity (Wildman–Crippen MR) is 53.5 cm³/mol. The standard InChI is InChI=1S/C10H14OS/c1-3-12-10-7-5-4-6-9(10)8(2)11/h4-8,11H,3H2,1-2H3/t8-/m0/s1. The van der Waals surface area contributed by atoms with Gasteiger partial charge in [0.1, 0.15) is 0 Å². The average molecular weight is 182 g/mol. The Morgan fingerprint density at radius 3 is 2.67 bits per heavy atom. The van der Waals surface area contributed by atoms with Gasteiger partial charge >= 0.3 is 0 Å². The van der Waals surface area contributed by atoms with Crippen LogP contribution in [0.2, 0.25) is 0 Å². The molecule has 1 rings (SSSR count). The third kappa shape index (κ3) is 2.26. The van der Waals surface area contributed by atoms with E-state index in [-0.39, 0.29) is 6.10 Å². The summed E-state index contributed by atoms with van der Waals surface area (Å²) >= 11 is 1.77. The Bertz CT molecular complexity index is 245. The Morgan fingerprint density at radius 2 is 2.08 bits per heavy atom. The van der Waals surface area contributed by atoms with Gasteiger partial charge in [-0.3, -0.25) is 0 Å². The van der Waals surface area contributed by atoms with Crippen molar-refractivity contribution in [3.63, 3.8) is 0 Å². The molecular formula is C10H14OS. The smallest absolute Gasteiger partial charge is 0.0772 e. The van der Waals surface area contributed by atoms with Crippen LogP contribution in [-0.2, 0) is 0 Å². The Kier molecular flexibility index (Phi) is 3.63. The summed E-state index contributed by atoms with van der Waals surface area (Å²) in [4.78, 5) is 1.19. The van der Waals surface area contributed by atoms with Crippen LogP contribution in [0.5, 0.6) is 0 Å². The van der Waals surface area contributed by atoms with Crippen LogP contribution < -0.4 is 0 Å². The maximum atomic E-state index is 9.42. The molecule has 0 aromatic heterocycles. The molecule has 2 heteroatoms. The van der Waals surface area contributed by atoms with Gasteiger partial charge < -0.3 is 5.11 Å². The molecule has 0 bridgehead atoms. The van der Waals surface area contributed by atoms with Crippen LogP contribution in [0.4, 0.5) is 0 Å². The van der Waals surface area contributed by atoms with Crippen LogP contribution in [0.1, 0.15) is 25.5 Å². The third-order valence-corrected chi connectivity index (χ3v) is 2.64. The molecule has 0 heterocycles. The first-order valence-electron chi connectivity index (χ1n) is 4.15. The first-order valence-corrected chi connectivity index (χ1v) is 5.14. The van der Waals surface area contributed by atoms with Gasteiger partial charge in [0.2, 0.25) is 0 Å². The summed E-state index contributed by atoms with van der Waals surface area (Å²) in [5.74, 6) is 1.05. The van der Waals surface area contributed by atoms with E-state index in [4.69, 9.17) is 0 Å². The molecule has 0 aliphatic carbocycles. The topological polar surface area (TPSA) is 20.2 Å². The van der Waals surface area contributed by atoms with Crippen LogP contribution >= 0.6 is 11.8 Å². The summed E-state index contributed by atoms with van der Waals surface area (Å²) in [6.07, 6.45) is -0.361. The van der Waals surface area contributed by atoms with Crippen LogP contribution in [0.25, 0.3) is 0 Å². The summed E-state index contributed by atoms with van der Waals surface area (Å²) in [5, 5.41) is 9.42. The summed E-state index contributed by atoms with van der Waals surface area (Å²) in [6, 6.07) is 7.99. The number of rotatable bonds is 3. The van der Waals surface area contributed by atoms with Gasteiger partial charge in [-0.2, -0.15) is 0 Å². The fourth-order valence-electron chi connectivity index (χ4n) is 1.11. The van der Waals surface area contributed by atoms with E-state index in [1.807, 2.05) is 18.2 Å². The van der Waals surface area contributed by atoms with E-state index >= 15 is 0 Å². The van der Waals surface area contributed by atoms with Crippen LogP contribution in [-0.4, -0.2) is 10.9 Å².